The van der Waals surface area contributed by atoms with Gasteiger partial charge in [-0.3, -0.25) is 0 Å². The van der Waals surface area contributed by atoms with Gasteiger partial charge in [-0.15, -0.1) is 0 Å². The molecule has 2 unspecified atom stereocenters. The van der Waals surface area contributed by atoms with E-state index in [0.29, 0.717) is 6.04 Å². The Bertz CT molecular complexity index is 390. The number of halogens is 1. The Labute approximate surface area is 109 Å². The third-order valence-electron chi connectivity index (χ3n) is 3.46. The molecule has 2 atom stereocenters. The lowest BCUT2D eigenvalue weighted by Crippen LogP contribution is -2.26. The molecule has 2 nitrogen and oxygen atoms in total. The van der Waals surface area contributed by atoms with E-state index in [0.717, 1.165) is 23.6 Å². The van der Waals surface area contributed by atoms with E-state index in [-0.39, 0.29) is 6.04 Å². The van der Waals surface area contributed by atoms with Crippen molar-refractivity contribution in [2.75, 3.05) is 11.4 Å². The summed E-state index contributed by atoms with van der Waals surface area (Å²) in [5.41, 5.74) is 8.20. The van der Waals surface area contributed by atoms with Crippen LogP contribution >= 0.6 is 11.6 Å². The summed E-state index contributed by atoms with van der Waals surface area (Å²) >= 11 is 6.32. The highest BCUT2D eigenvalue weighted by Gasteiger charge is 2.20. The normalized spacial score (nSPS) is 21.9. The molecule has 0 spiro atoms. The highest BCUT2D eigenvalue weighted by Crippen LogP contribution is 2.29. The van der Waals surface area contributed by atoms with Gasteiger partial charge in [0.2, 0.25) is 0 Å². The minimum atomic E-state index is 0.157. The summed E-state index contributed by atoms with van der Waals surface area (Å²) in [4.78, 5) is 2.43. The van der Waals surface area contributed by atoms with Crippen LogP contribution in [-0.4, -0.2) is 18.6 Å². The van der Waals surface area contributed by atoms with E-state index < -0.39 is 0 Å². The van der Waals surface area contributed by atoms with Crippen LogP contribution in [0, 0.1) is 0 Å². The predicted molar refractivity (Wildman–Crippen MR) is 74.8 cm³/mol. The van der Waals surface area contributed by atoms with Crippen LogP contribution in [0.25, 0.3) is 0 Å². The lowest BCUT2D eigenvalue weighted by Gasteiger charge is -2.24. The van der Waals surface area contributed by atoms with Crippen molar-refractivity contribution in [3.63, 3.8) is 0 Å². The van der Waals surface area contributed by atoms with Crippen molar-refractivity contribution in [2.45, 2.75) is 45.2 Å². The molecule has 94 valence electrons. The Balaban J connectivity index is 2.18. The molecule has 1 aliphatic rings. The molecular weight excluding hydrogens is 232 g/mol. The van der Waals surface area contributed by atoms with Crippen molar-refractivity contribution in [1.82, 2.24) is 0 Å². The zero-order valence-electron chi connectivity index (χ0n) is 10.6. The minimum absolute atomic E-state index is 0.157. The van der Waals surface area contributed by atoms with Crippen molar-refractivity contribution >= 4 is 17.3 Å². The van der Waals surface area contributed by atoms with E-state index in [4.69, 9.17) is 17.3 Å². The van der Waals surface area contributed by atoms with Gasteiger partial charge in [-0.05, 0) is 50.8 Å². The fourth-order valence-corrected chi connectivity index (χ4v) is 2.80. The van der Waals surface area contributed by atoms with Crippen LogP contribution in [0.3, 0.4) is 0 Å². The second kappa shape index (κ2) is 5.28. The molecule has 1 fully saturated rings. The molecule has 1 aromatic rings. The molecule has 0 saturated carbocycles. The molecular formula is C14H21ClN2. The predicted octanol–water partition coefficient (Wildman–Crippen LogP) is 3.22. The molecule has 0 amide bonds. The average Bonchev–Trinajstić information content (AvgIpc) is 2.67. The molecule has 3 heteroatoms. The maximum atomic E-state index is 6.32. The summed E-state index contributed by atoms with van der Waals surface area (Å²) in [5, 5.41) is 0.846. The van der Waals surface area contributed by atoms with Gasteiger partial charge in [0, 0.05) is 29.3 Å². The Morgan fingerprint density at radius 3 is 2.82 bits per heavy atom. The third kappa shape index (κ3) is 2.93. The molecule has 1 heterocycles. The van der Waals surface area contributed by atoms with Gasteiger partial charge >= 0.3 is 0 Å². The summed E-state index contributed by atoms with van der Waals surface area (Å²) < 4.78 is 0. The first-order chi connectivity index (χ1) is 8.08. The van der Waals surface area contributed by atoms with Gasteiger partial charge < -0.3 is 10.6 Å². The molecule has 1 aliphatic heterocycles. The van der Waals surface area contributed by atoms with Gasteiger partial charge in [-0.2, -0.15) is 0 Å². The fourth-order valence-electron chi connectivity index (χ4n) is 2.54. The third-order valence-corrected chi connectivity index (χ3v) is 3.82. The van der Waals surface area contributed by atoms with Crippen molar-refractivity contribution < 1.29 is 0 Å². The van der Waals surface area contributed by atoms with Gasteiger partial charge in [0.05, 0.1) is 0 Å². The monoisotopic (exact) mass is 252 g/mol. The lowest BCUT2D eigenvalue weighted by molar-refractivity contribution is 0.730. The number of hydrogen-bond acceptors (Lipinski definition) is 2. The van der Waals surface area contributed by atoms with Crippen molar-refractivity contribution in [3.05, 3.63) is 28.8 Å². The molecule has 17 heavy (non-hydrogen) atoms. The first kappa shape index (κ1) is 12.7. The number of rotatable bonds is 3. The van der Waals surface area contributed by atoms with Crippen LogP contribution in [0.4, 0.5) is 5.69 Å². The quantitative estimate of drug-likeness (QED) is 0.895. The summed E-state index contributed by atoms with van der Waals surface area (Å²) in [7, 11) is 0. The highest BCUT2D eigenvalue weighted by molar-refractivity contribution is 6.31. The number of nitrogens with two attached hydrogens (primary N) is 1. The van der Waals surface area contributed by atoms with E-state index in [1.54, 1.807) is 0 Å². The number of benzene rings is 1. The SMILES string of the molecule is CC(N)Cc1ccc(N2CCCC2C)cc1Cl. The van der Waals surface area contributed by atoms with Crippen LogP contribution in [0.1, 0.15) is 32.3 Å². The smallest absolute Gasteiger partial charge is 0.0459 e. The van der Waals surface area contributed by atoms with Crippen LogP contribution in [-0.2, 0) is 6.42 Å². The number of hydrogen-bond donors (Lipinski definition) is 1. The van der Waals surface area contributed by atoms with E-state index in [2.05, 4.69) is 30.0 Å². The first-order valence-electron chi connectivity index (χ1n) is 6.38. The molecule has 0 bridgehead atoms. The standard InChI is InChI=1S/C14H21ClN2/c1-10(16)8-12-5-6-13(9-14(12)15)17-7-3-4-11(17)2/h5-6,9-11H,3-4,7-8,16H2,1-2H3. The fraction of sp³-hybridized carbons (Fsp3) is 0.571. The van der Waals surface area contributed by atoms with Gasteiger partial charge in [0.1, 0.15) is 0 Å². The summed E-state index contributed by atoms with van der Waals surface area (Å²) in [5.74, 6) is 0. The van der Waals surface area contributed by atoms with Crippen LogP contribution in [0.2, 0.25) is 5.02 Å². The van der Waals surface area contributed by atoms with Crippen molar-refractivity contribution in [1.29, 1.82) is 0 Å². The topological polar surface area (TPSA) is 29.3 Å². The van der Waals surface area contributed by atoms with Crippen molar-refractivity contribution in [2.24, 2.45) is 5.73 Å². The molecule has 2 rings (SSSR count). The summed E-state index contributed by atoms with van der Waals surface area (Å²) in [6.07, 6.45) is 3.40. The molecule has 2 N–H and O–H groups in total. The van der Waals surface area contributed by atoms with Crippen LogP contribution in [0.5, 0.6) is 0 Å². The first-order valence-corrected chi connectivity index (χ1v) is 6.76. The van der Waals surface area contributed by atoms with E-state index in [1.807, 2.05) is 6.92 Å². The molecule has 0 aliphatic carbocycles. The second-order valence-corrected chi connectivity index (χ2v) is 5.55. The van der Waals surface area contributed by atoms with E-state index >= 15 is 0 Å². The Kier molecular flexibility index (Phi) is 3.95. The van der Waals surface area contributed by atoms with E-state index in [9.17, 15) is 0 Å². The zero-order chi connectivity index (χ0) is 12.4. The Morgan fingerprint density at radius 1 is 1.53 bits per heavy atom. The maximum absolute atomic E-state index is 6.32. The highest BCUT2D eigenvalue weighted by atomic mass is 35.5. The van der Waals surface area contributed by atoms with Gasteiger partial charge in [-0.25, -0.2) is 0 Å². The number of nitrogens with zero attached hydrogens (tertiary/aromatic N) is 1. The molecule has 1 saturated heterocycles. The van der Waals surface area contributed by atoms with Crippen molar-refractivity contribution in [3.8, 4) is 0 Å². The largest absolute Gasteiger partial charge is 0.369 e. The molecule has 0 aromatic heterocycles. The molecule has 1 aromatic carbocycles. The Hall–Kier alpha value is -0.730. The van der Waals surface area contributed by atoms with Gasteiger partial charge in [0.25, 0.3) is 0 Å². The van der Waals surface area contributed by atoms with Gasteiger partial charge in [0.15, 0.2) is 0 Å². The van der Waals surface area contributed by atoms with Crippen LogP contribution < -0.4 is 10.6 Å². The summed E-state index contributed by atoms with van der Waals surface area (Å²) in [6, 6.07) is 7.16. The number of anilines is 1. The lowest BCUT2D eigenvalue weighted by atomic mass is 10.1. The average molecular weight is 253 g/mol. The zero-order valence-corrected chi connectivity index (χ0v) is 11.4. The Morgan fingerprint density at radius 2 is 2.29 bits per heavy atom. The summed E-state index contributed by atoms with van der Waals surface area (Å²) in [6.45, 7) is 5.42. The maximum Gasteiger partial charge on any atom is 0.0459 e. The second-order valence-electron chi connectivity index (χ2n) is 5.14. The minimum Gasteiger partial charge on any atom is -0.369 e. The van der Waals surface area contributed by atoms with E-state index in [1.165, 1.54) is 18.5 Å². The molecule has 0 radical (unpaired) electrons. The van der Waals surface area contributed by atoms with Crippen LogP contribution in [0.15, 0.2) is 18.2 Å². The van der Waals surface area contributed by atoms with Gasteiger partial charge in [-0.1, -0.05) is 17.7 Å².